The summed E-state index contributed by atoms with van der Waals surface area (Å²) in [7, 11) is 1.70. The molecule has 1 aliphatic heterocycles. The molecule has 3 atom stereocenters. The molecular weight excluding hydrogens is 282 g/mol. The van der Waals surface area contributed by atoms with Crippen LogP contribution in [0.15, 0.2) is 0 Å². The summed E-state index contributed by atoms with van der Waals surface area (Å²) in [6, 6.07) is 0.270. The number of piperazine rings is 1. The van der Waals surface area contributed by atoms with E-state index in [1.54, 1.807) is 11.9 Å². The van der Waals surface area contributed by atoms with Gasteiger partial charge >= 0.3 is 0 Å². The number of likely N-dealkylation sites (N-methyl/N-ethyl adjacent to an activating group) is 1. The van der Waals surface area contributed by atoms with E-state index in [1.165, 1.54) is 6.92 Å². The van der Waals surface area contributed by atoms with Crippen molar-refractivity contribution in [1.82, 2.24) is 14.7 Å². The highest BCUT2D eigenvalue weighted by Crippen LogP contribution is 2.31. The molecule has 6 heteroatoms. The van der Waals surface area contributed by atoms with Crippen LogP contribution in [0.5, 0.6) is 0 Å². The van der Waals surface area contributed by atoms with E-state index in [2.05, 4.69) is 18.7 Å². The number of carbonyl (C=O) groups is 2. The molecule has 1 aliphatic carbocycles. The smallest absolute Gasteiger partial charge is 0.228 e. The van der Waals surface area contributed by atoms with Crippen molar-refractivity contribution in [2.24, 2.45) is 5.92 Å². The summed E-state index contributed by atoms with van der Waals surface area (Å²) in [5, 5.41) is 10.5. The van der Waals surface area contributed by atoms with E-state index in [0.717, 1.165) is 26.2 Å². The molecule has 0 radical (unpaired) electrons. The molecule has 1 N–H and O–H groups in total. The second-order valence-corrected chi connectivity index (χ2v) is 6.83. The van der Waals surface area contributed by atoms with Crippen LogP contribution in [0, 0.1) is 5.92 Å². The van der Waals surface area contributed by atoms with Gasteiger partial charge in [-0.15, -0.1) is 0 Å². The molecule has 1 saturated heterocycles. The third kappa shape index (κ3) is 3.43. The van der Waals surface area contributed by atoms with E-state index in [-0.39, 0.29) is 23.8 Å². The van der Waals surface area contributed by atoms with Crippen molar-refractivity contribution in [1.29, 1.82) is 0 Å². The van der Waals surface area contributed by atoms with Gasteiger partial charge in [0.25, 0.3) is 0 Å². The summed E-state index contributed by atoms with van der Waals surface area (Å²) < 4.78 is 0. The van der Waals surface area contributed by atoms with Gasteiger partial charge in [-0.1, -0.05) is 0 Å². The first-order chi connectivity index (χ1) is 10.3. The van der Waals surface area contributed by atoms with Crippen LogP contribution >= 0.6 is 0 Å². The lowest BCUT2D eigenvalue weighted by Crippen LogP contribution is -2.53. The number of rotatable bonds is 3. The normalized spacial score (nSPS) is 29.9. The fraction of sp³-hybridized carbons (Fsp3) is 0.875. The maximum Gasteiger partial charge on any atom is 0.228 e. The van der Waals surface area contributed by atoms with Crippen LogP contribution < -0.4 is 0 Å². The topological polar surface area (TPSA) is 64.1 Å². The highest BCUT2D eigenvalue weighted by Gasteiger charge is 2.43. The zero-order valence-corrected chi connectivity index (χ0v) is 14.2. The number of hydrogen-bond acceptors (Lipinski definition) is 4. The molecule has 0 aromatic heterocycles. The van der Waals surface area contributed by atoms with Crippen LogP contribution in [0.2, 0.25) is 0 Å². The SMILES string of the molecule is CC(=O)N(C)[C@@H]1CC[C@@H](C(=O)N2CCN(C(C)C)CC2)[C@@H]1O. The molecule has 2 fully saturated rings. The molecule has 126 valence electrons. The highest BCUT2D eigenvalue weighted by molar-refractivity contribution is 5.80. The first kappa shape index (κ1) is 17.2. The van der Waals surface area contributed by atoms with Crippen molar-refractivity contribution in [3.05, 3.63) is 0 Å². The van der Waals surface area contributed by atoms with E-state index in [9.17, 15) is 14.7 Å². The minimum atomic E-state index is -0.746. The Hall–Kier alpha value is -1.14. The summed E-state index contributed by atoms with van der Waals surface area (Å²) in [5.41, 5.74) is 0. The van der Waals surface area contributed by atoms with Crippen molar-refractivity contribution in [3.63, 3.8) is 0 Å². The van der Waals surface area contributed by atoms with Gasteiger partial charge in [-0.2, -0.15) is 0 Å². The fourth-order valence-electron chi connectivity index (χ4n) is 3.58. The second-order valence-electron chi connectivity index (χ2n) is 6.83. The van der Waals surface area contributed by atoms with Gasteiger partial charge in [0.05, 0.1) is 18.1 Å². The largest absolute Gasteiger partial charge is 0.390 e. The van der Waals surface area contributed by atoms with Crippen molar-refractivity contribution in [3.8, 4) is 0 Å². The van der Waals surface area contributed by atoms with Gasteiger partial charge in [-0.05, 0) is 26.7 Å². The summed E-state index contributed by atoms with van der Waals surface area (Å²) in [5.74, 6) is -0.379. The molecule has 6 nitrogen and oxygen atoms in total. The van der Waals surface area contributed by atoms with E-state index >= 15 is 0 Å². The average molecular weight is 311 g/mol. The van der Waals surface area contributed by atoms with Crippen LogP contribution in [0.25, 0.3) is 0 Å². The average Bonchev–Trinajstić information content (AvgIpc) is 2.87. The molecule has 2 aliphatic rings. The number of nitrogens with zero attached hydrogens (tertiary/aromatic N) is 3. The Balaban J connectivity index is 1.93. The molecule has 22 heavy (non-hydrogen) atoms. The molecule has 0 bridgehead atoms. The van der Waals surface area contributed by atoms with E-state index in [4.69, 9.17) is 0 Å². The summed E-state index contributed by atoms with van der Waals surface area (Å²) in [6.07, 6.45) is 0.608. The summed E-state index contributed by atoms with van der Waals surface area (Å²) in [4.78, 5) is 29.9. The van der Waals surface area contributed by atoms with Gasteiger partial charge in [0.15, 0.2) is 0 Å². The Kier molecular flexibility index (Phi) is 5.45. The molecular formula is C16H29N3O3. The lowest BCUT2D eigenvalue weighted by molar-refractivity contribution is -0.142. The van der Waals surface area contributed by atoms with Gasteiger partial charge in [-0.3, -0.25) is 14.5 Å². The molecule has 0 spiro atoms. The summed E-state index contributed by atoms with van der Waals surface area (Å²) >= 11 is 0. The van der Waals surface area contributed by atoms with Crippen LogP contribution in [-0.4, -0.2) is 83.0 Å². The van der Waals surface area contributed by atoms with Crippen molar-refractivity contribution >= 4 is 11.8 Å². The number of aliphatic hydroxyl groups excluding tert-OH is 1. The molecule has 0 aromatic carbocycles. The highest BCUT2D eigenvalue weighted by atomic mass is 16.3. The lowest BCUT2D eigenvalue weighted by atomic mass is 10.0. The van der Waals surface area contributed by atoms with Gasteiger partial charge in [0.2, 0.25) is 11.8 Å². The minimum absolute atomic E-state index is 0.0513. The molecule has 2 amide bonds. The molecule has 0 unspecified atom stereocenters. The first-order valence-electron chi connectivity index (χ1n) is 8.27. The van der Waals surface area contributed by atoms with Crippen LogP contribution in [-0.2, 0) is 9.59 Å². The van der Waals surface area contributed by atoms with E-state index in [1.807, 2.05) is 4.90 Å². The number of carbonyl (C=O) groups excluding carboxylic acids is 2. The molecule has 1 saturated carbocycles. The van der Waals surface area contributed by atoms with E-state index < -0.39 is 6.10 Å². The Morgan fingerprint density at radius 1 is 1.14 bits per heavy atom. The molecule has 2 rings (SSSR count). The quantitative estimate of drug-likeness (QED) is 0.806. The Labute approximate surface area is 133 Å². The maximum absolute atomic E-state index is 12.7. The first-order valence-corrected chi connectivity index (χ1v) is 8.27. The standard InChI is InChI=1S/C16H29N3O3/c1-11(2)18-7-9-19(10-8-18)16(22)13-5-6-14(15(13)21)17(4)12(3)20/h11,13-15,21H,5-10H2,1-4H3/t13-,14-,15+/m1/s1. The minimum Gasteiger partial charge on any atom is -0.390 e. The zero-order valence-electron chi connectivity index (χ0n) is 14.2. The third-order valence-electron chi connectivity index (χ3n) is 5.25. The zero-order chi connectivity index (χ0) is 16.4. The van der Waals surface area contributed by atoms with Crippen molar-refractivity contribution < 1.29 is 14.7 Å². The van der Waals surface area contributed by atoms with Crippen LogP contribution in [0.3, 0.4) is 0 Å². The van der Waals surface area contributed by atoms with Gasteiger partial charge in [0, 0.05) is 46.2 Å². The molecule has 1 heterocycles. The lowest BCUT2D eigenvalue weighted by Gasteiger charge is -2.38. The Morgan fingerprint density at radius 3 is 2.23 bits per heavy atom. The number of amides is 2. The van der Waals surface area contributed by atoms with Gasteiger partial charge in [0.1, 0.15) is 0 Å². The Morgan fingerprint density at radius 2 is 1.73 bits per heavy atom. The van der Waals surface area contributed by atoms with E-state index in [0.29, 0.717) is 18.9 Å². The van der Waals surface area contributed by atoms with Crippen molar-refractivity contribution in [2.45, 2.75) is 51.8 Å². The van der Waals surface area contributed by atoms with Gasteiger partial charge in [-0.25, -0.2) is 0 Å². The van der Waals surface area contributed by atoms with Crippen LogP contribution in [0.4, 0.5) is 0 Å². The predicted octanol–water partition coefficient (Wildman–Crippen LogP) is 0.157. The van der Waals surface area contributed by atoms with Gasteiger partial charge < -0.3 is 14.9 Å². The molecule has 0 aromatic rings. The van der Waals surface area contributed by atoms with Crippen LogP contribution in [0.1, 0.15) is 33.6 Å². The summed E-state index contributed by atoms with van der Waals surface area (Å²) in [6.45, 7) is 9.07. The number of hydrogen-bond donors (Lipinski definition) is 1. The predicted molar refractivity (Wildman–Crippen MR) is 84.3 cm³/mol. The maximum atomic E-state index is 12.7. The second kappa shape index (κ2) is 6.96. The monoisotopic (exact) mass is 311 g/mol. The number of aliphatic hydroxyl groups is 1. The van der Waals surface area contributed by atoms with Crippen molar-refractivity contribution in [2.75, 3.05) is 33.2 Å². The Bertz CT molecular complexity index is 419. The fourth-order valence-corrected chi connectivity index (χ4v) is 3.58. The third-order valence-corrected chi connectivity index (χ3v) is 5.25.